The summed E-state index contributed by atoms with van der Waals surface area (Å²) in [5.74, 6) is 0.200. The summed E-state index contributed by atoms with van der Waals surface area (Å²) in [7, 11) is 0. The molecule has 1 saturated carbocycles. The Bertz CT molecular complexity index is 548. The zero-order valence-corrected chi connectivity index (χ0v) is 14.7. The number of carbonyl (C=O) groups is 1. The van der Waals surface area contributed by atoms with Crippen molar-refractivity contribution >= 4 is 11.6 Å². The number of hydrogen-bond donors (Lipinski definition) is 2. The van der Waals surface area contributed by atoms with Crippen LogP contribution in [-0.4, -0.2) is 54.0 Å². The second-order valence-corrected chi connectivity index (χ2v) is 7.22. The average Bonchev–Trinajstić information content (AvgIpc) is 3.08. The van der Waals surface area contributed by atoms with Crippen LogP contribution in [0.1, 0.15) is 38.2 Å². The molecule has 24 heavy (non-hydrogen) atoms. The van der Waals surface area contributed by atoms with E-state index in [-0.39, 0.29) is 11.9 Å². The third-order valence-electron chi connectivity index (χ3n) is 5.39. The Balaban J connectivity index is 1.44. The topological polar surface area (TPSA) is 61.6 Å². The molecule has 1 aliphatic carbocycles. The van der Waals surface area contributed by atoms with Crippen LogP contribution >= 0.6 is 0 Å². The number of carbonyl (C=O) groups excluding carboxylic acids is 1. The predicted molar refractivity (Wildman–Crippen MR) is 97.6 cm³/mol. The van der Waals surface area contributed by atoms with Crippen molar-refractivity contribution in [3.05, 3.63) is 29.8 Å². The maximum Gasteiger partial charge on any atom is 0.237 e. The molecule has 1 unspecified atom stereocenters. The molecule has 2 fully saturated rings. The van der Waals surface area contributed by atoms with Crippen molar-refractivity contribution < 1.29 is 4.79 Å². The van der Waals surface area contributed by atoms with Gasteiger partial charge in [0.2, 0.25) is 5.91 Å². The number of nitrogens with zero attached hydrogens (tertiary/aromatic N) is 2. The number of hydrogen-bond acceptors (Lipinski definition) is 4. The molecule has 1 heterocycles. The van der Waals surface area contributed by atoms with Crippen LogP contribution < -0.4 is 11.1 Å². The summed E-state index contributed by atoms with van der Waals surface area (Å²) < 4.78 is 0. The first-order valence-electron chi connectivity index (χ1n) is 9.23. The first kappa shape index (κ1) is 17.2. The lowest BCUT2D eigenvalue weighted by molar-refractivity contribution is -0.127. The van der Waals surface area contributed by atoms with Crippen molar-refractivity contribution in [1.82, 2.24) is 15.1 Å². The minimum absolute atomic E-state index is 0.0277. The maximum atomic E-state index is 12.4. The molecule has 1 aromatic carbocycles. The monoisotopic (exact) mass is 330 g/mol. The van der Waals surface area contributed by atoms with E-state index in [4.69, 9.17) is 5.73 Å². The summed E-state index contributed by atoms with van der Waals surface area (Å²) in [5.41, 5.74) is 7.94. The molecule has 0 bridgehead atoms. The Kier molecular flexibility index (Phi) is 5.74. The van der Waals surface area contributed by atoms with Gasteiger partial charge in [-0.05, 0) is 37.5 Å². The highest BCUT2D eigenvalue weighted by Crippen LogP contribution is 2.18. The summed E-state index contributed by atoms with van der Waals surface area (Å²) >= 11 is 0. The Hall–Kier alpha value is -1.59. The fourth-order valence-corrected chi connectivity index (χ4v) is 3.82. The number of benzene rings is 1. The van der Waals surface area contributed by atoms with Crippen LogP contribution in [0.3, 0.4) is 0 Å². The summed E-state index contributed by atoms with van der Waals surface area (Å²) in [6.07, 6.45) is 4.79. The molecule has 1 aliphatic heterocycles. The van der Waals surface area contributed by atoms with Gasteiger partial charge >= 0.3 is 0 Å². The minimum Gasteiger partial charge on any atom is -0.399 e. The molecule has 1 amide bonds. The molecule has 3 rings (SSSR count). The molecular formula is C19H30N4O. The Labute approximate surface area is 145 Å². The highest BCUT2D eigenvalue weighted by molar-refractivity contribution is 5.81. The second-order valence-electron chi connectivity index (χ2n) is 7.22. The summed E-state index contributed by atoms with van der Waals surface area (Å²) in [4.78, 5) is 17.2. The zero-order valence-electron chi connectivity index (χ0n) is 14.7. The highest BCUT2D eigenvalue weighted by atomic mass is 16.2. The normalized spacial score (nSPS) is 21.7. The van der Waals surface area contributed by atoms with Crippen LogP contribution in [0.5, 0.6) is 0 Å². The van der Waals surface area contributed by atoms with Gasteiger partial charge in [0.25, 0.3) is 0 Å². The average molecular weight is 330 g/mol. The summed E-state index contributed by atoms with van der Waals surface area (Å²) in [5, 5.41) is 3.23. The lowest BCUT2D eigenvalue weighted by Crippen LogP contribution is -2.54. The Morgan fingerprint density at radius 1 is 1.25 bits per heavy atom. The third kappa shape index (κ3) is 4.48. The van der Waals surface area contributed by atoms with E-state index >= 15 is 0 Å². The molecular weight excluding hydrogens is 300 g/mol. The van der Waals surface area contributed by atoms with Crippen LogP contribution in [0.4, 0.5) is 5.69 Å². The Morgan fingerprint density at radius 2 is 1.96 bits per heavy atom. The lowest BCUT2D eigenvalue weighted by atomic mass is 10.1. The van der Waals surface area contributed by atoms with E-state index in [0.717, 1.165) is 51.3 Å². The van der Waals surface area contributed by atoms with Crippen molar-refractivity contribution in [3.8, 4) is 0 Å². The predicted octanol–water partition coefficient (Wildman–Crippen LogP) is 1.83. The third-order valence-corrected chi connectivity index (χ3v) is 5.39. The molecule has 0 spiro atoms. The quantitative estimate of drug-likeness (QED) is 0.809. The maximum absolute atomic E-state index is 12.4. The number of anilines is 1. The van der Waals surface area contributed by atoms with E-state index in [9.17, 15) is 4.79 Å². The molecule has 0 aromatic heterocycles. The standard InChI is InChI=1S/C19H30N4O/c1-15(19(24)21-18-7-2-3-8-18)23-11-9-22(10-12-23)14-16-5-4-6-17(20)13-16/h4-6,13,15,18H,2-3,7-12,14,20H2,1H3,(H,21,24). The largest absolute Gasteiger partial charge is 0.399 e. The highest BCUT2D eigenvalue weighted by Gasteiger charge is 2.27. The molecule has 5 nitrogen and oxygen atoms in total. The molecule has 5 heteroatoms. The van der Waals surface area contributed by atoms with Crippen molar-refractivity contribution in [2.24, 2.45) is 0 Å². The second kappa shape index (κ2) is 7.99. The molecule has 3 N–H and O–H groups in total. The fourth-order valence-electron chi connectivity index (χ4n) is 3.82. The van der Waals surface area contributed by atoms with Gasteiger partial charge in [0.15, 0.2) is 0 Å². The van der Waals surface area contributed by atoms with Crippen LogP contribution in [0.2, 0.25) is 0 Å². The number of nitrogens with one attached hydrogen (secondary N) is 1. The van der Waals surface area contributed by atoms with Crippen molar-refractivity contribution in [3.63, 3.8) is 0 Å². The van der Waals surface area contributed by atoms with Crippen molar-refractivity contribution in [2.45, 2.75) is 51.2 Å². The Morgan fingerprint density at radius 3 is 2.62 bits per heavy atom. The number of nitrogen functional groups attached to an aromatic ring is 1. The van der Waals surface area contributed by atoms with Gasteiger partial charge in [-0.1, -0.05) is 25.0 Å². The van der Waals surface area contributed by atoms with Gasteiger partial charge in [0, 0.05) is 44.5 Å². The molecule has 1 aromatic rings. The molecule has 1 atom stereocenters. The molecule has 0 radical (unpaired) electrons. The van der Waals surface area contributed by atoms with E-state index < -0.39 is 0 Å². The van der Waals surface area contributed by atoms with E-state index in [1.807, 2.05) is 25.1 Å². The van der Waals surface area contributed by atoms with E-state index in [2.05, 4.69) is 21.2 Å². The van der Waals surface area contributed by atoms with Gasteiger partial charge in [0.1, 0.15) is 0 Å². The molecule has 132 valence electrons. The first-order valence-corrected chi connectivity index (χ1v) is 9.23. The molecule has 1 saturated heterocycles. The van der Waals surface area contributed by atoms with E-state index in [1.165, 1.54) is 18.4 Å². The lowest BCUT2D eigenvalue weighted by Gasteiger charge is -2.37. The molecule has 2 aliphatic rings. The summed E-state index contributed by atoms with van der Waals surface area (Å²) in [6, 6.07) is 8.48. The van der Waals surface area contributed by atoms with Crippen LogP contribution in [0.25, 0.3) is 0 Å². The van der Waals surface area contributed by atoms with E-state index in [1.54, 1.807) is 0 Å². The van der Waals surface area contributed by atoms with Gasteiger partial charge in [-0.25, -0.2) is 0 Å². The number of rotatable bonds is 5. The summed E-state index contributed by atoms with van der Waals surface area (Å²) in [6.45, 7) is 6.86. The van der Waals surface area contributed by atoms with Crippen molar-refractivity contribution in [2.75, 3.05) is 31.9 Å². The van der Waals surface area contributed by atoms with Gasteiger partial charge in [0.05, 0.1) is 6.04 Å². The van der Waals surface area contributed by atoms with E-state index in [0.29, 0.717) is 6.04 Å². The van der Waals surface area contributed by atoms with Gasteiger partial charge in [-0.2, -0.15) is 0 Å². The zero-order chi connectivity index (χ0) is 16.9. The van der Waals surface area contributed by atoms with Crippen LogP contribution in [0.15, 0.2) is 24.3 Å². The number of amides is 1. The fraction of sp³-hybridized carbons (Fsp3) is 0.632. The van der Waals surface area contributed by atoms with Gasteiger partial charge in [-0.15, -0.1) is 0 Å². The number of nitrogens with two attached hydrogens (primary N) is 1. The SMILES string of the molecule is CC(C(=O)NC1CCCC1)N1CCN(Cc2cccc(N)c2)CC1. The van der Waals surface area contributed by atoms with Crippen LogP contribution in [0, 0.1) is 0 Å². The van der Waals surface area contributed by atoms with Crippen molar-refractivity contribution in [1.29, 1.82) is 0 Å². The smallest absolute Gasteiger partial charge is 0.237 e. The first-order chi connectivity index (χ1) is 11.6. The van der Waals surface area contributed by atoms with Gasteiger partial charge < -0.3 is 11.1 Å². The minimum atomic E-state index is -0.0277. The van der Waals surface area contributed by atoms with Gasteiger partial charge in [-0.3, -0.25) is 14.6 Å². The number of piperazine rings is 1. The van der Waals surface area contributed by atoms with Crippen LogP contribution in [-0.2, 0) is 11.3 Å².